The standard InChI is InChI=1S/C49H33N3/c1-4-14-37(15-5-1)51(38-16-6-2-7-17-38)40-30-28-35(29-31-40)34-24-26-36(27-25-34)49-43-32-33-46-48(47(43)41-20-10-12-22-44(41)50-49)42-21-11-13-23-45(42)52(46)39-18-8-3-9-19-39/h1-33H. The first-order valence-corrected chi connectivity index (χ1v) is 17.7. The molecule has 0 radical (unpaired) electrons. The second kappa shape index (κ2) is 12.4. The number of rotatable bonds is 6. The van der Waals surface area contributed by atoms with Crippen LogP contribution in [0.1, 0.15) is 0 Å². The molecule has 2 aromatic heterocycles. The van der Waals surface area contributed by atoms with Crippen molar-refractivity contribution in [2.24, 2.45) is 0 Å². The molecule has 0 fully saturated rings. The van der Waals surface area contributed by atoms with Gasteiger partial charge in [-0.2, -0.15) is 0 Å². The van der Waals surface area contributed by atoms with E-state index in [0.717, 1.165) is 44.9 Å². The van der Waals surface area contributed by atoms with E-state index in [9.17, 15) is 0 Å². The highest BCUT2D eigenvalue weighted by molar-refractivity contribution is 6.29. The van der Waals surface area contributed by atoms with E-state index in [0.29, 0.717) is 0 Å². The molecule has 0 unspecified atom stereocenters. The van der Waals surface area contributed by atoms with E-state index in [4.69, 9.17) is 4.98 Å². The number of fused-ring (bicyclic) bond motifs is 7. The highest BCUT2D eigenvalue weighted by Gasteiger charge is 2.19. The van der Waals surface area contributed by atoms with E-state index >= 15 is 0 Å². The summed E-state index contributed by atoms with van der Waals surface area (Å²) in [6, 6.07) is 71.3. The number of nitrogens with zero attached hydrogens (tertiary/aromatic N) is 3. The molecular weight excluding hydrogens is 631 g/mol. The molecule has 0 aliphatic heterocycles. The molecule has 0 atom stereocenters. The summed E-state index contributed by atoms with van der Waals surface area (Å²) in [4.78, 5) is 7.59. The molecular formula is C49H33N3. The Labute approximate surface area is 302 Å². The molecule has 244 valence electrons. The Morgan fingerprint density at radius 1 is 0.346 bits per heavy atom. The molecule has 0 N–H and O–H groups in total. The lowest BCUT2D eigenvalue weighted by atomic mass is 9.95. The number of para-hydroxylation sites is 5. The average molecular weight is 664 g/mol. The minimum Gasteiger partial charge on any atom is -0.311 e. The van der Waals surface area contributed by atoms with Crippen LogP contribution in [0.15, 0.2) is 200 Å². The molecule has 0 saturated carbocycles. The second-order valence-corrected chi connectivity index (χ2v) is 13.2. The lowest BCUT2D eigenvalue weighted by Crippen LogP contribution is -2.09. The number of benzene rings is 8. The minimum atomic E-state index is 0.995. The van der Waals surface area contributed by atoms with Crippen LogP contribution in [0.3, 0.4) is 0 Å². The van der Waals surface area contributed by atoms with Gasteiger partial charge in [-0.3, -0.25) is 0 Å². The first-order valence-electron chi connectivity index (χ1n) is 17.7. The molecule has 0 aliphatic carbocycles. The van der Waals surface area contributed by atoms with Crippen LogP contribution in [0.5, 0.6) is 0 Å². The Kier molecular flexibility index (Phi) is 7.14. The van der Waals surface area contributed by atoms with Crippen molar-refractivity contribution >= 4 is 60.5 Å². The predicted molar refractivity (Wildman–Crippen MR) is 219 cm³/mol. The third kappa shape index (κ3) is 4.94. The number of anilines is 3. The fourth-order valence-corrected chi connectivity index (χ4v) is 7.80. The van der Waals surface area contributed by atoms with Crippen LogP contribution in [0, 0.1) is 0 Å². The van der Waals surface area contributed by atoms with E-state index in [1.165, 1.54) is 43.7 Å². The van der Waals surface area contributed by atoms with Crippen LogP contribution in [-0.4, -0.2) is 9.55 Å². The van der Waals surface area contributed by atoms with Crippen molar-refractivity contribution < 1.29 is 0 Å². The van der Waals surface area contributed by atoms with Crippen molar-refractivity contribution in [3.05, 3.63) is 200 Å². The van der Waals surface area contributed by atoms with Gasteiger partial charge in [-0.25, -0.2) is 4.98 Å². The minimum absolute atomic E-state index is 0.995. The van der Waals surface area contributed by atoms with Crippen molar-refractivity contribution in [1.29, 1.82) is 0 Å². The van der Waals surface area contributed by atoms with Crippen molar-refractivity contribution in [1.82, 2.24) is 9.55 Å². The Hall–Kier alpha value is -6.97. The van der Waals surface area contributed by atoms with Gasteiger partial charge in [0.2, 0.25) is 0 Å². The summed E-state index contributed by atoms with van der Waals surface area (Å²) in [6.07, 6.45) is 0. The maximum Gasteiger partial charge on any atom is 0.0788 e. The van der Waals surface area contributed by atoms with Crippen LogP contribution in [0.25, 0.3) is 71.6 Å². The van der Waals surface area contributed by atoms with E-state index < -0.39 is 0 Å². The number of pyridine rings is 1. The van der Waals surface area contributed by atoms with Gasteiger partial charge < -0.3 is 9.47 Å². The van der Waals surface area contributed by atoms with Gasteiger partial charge in [-0.05, 0) is 77.9 Å². The van der Waals surface area contributed by atoms with Gasteiger partial charge in [-0.1, -0.05) is 133 Å². The van der Waals surface area contributed by atoms with Crippen LogP contribution in [0.2, 0.25) is 0 Å². The van der Waals surface area contributed by atoms with Crippen LogP contribution in [-0.2, 0) is 0 Å². The van der Waals surface area contributed by atoms with Crippen LogP contribution in [0.4, 0.5) is 17.1 Å². The monoisotopic (exact) mass is 663 g/mol. The molecule has 8 aromatic carbocycles. The van der Waals surface area contributed by atoms with Gasteiger partial charge >= 0.3 is 0 Å². The van der Waals surface area contributed by atoms with Gasteiger partial charge in [-0.15, -0.1) is 0 Å². The third-order valence-electron chi connectivity index (χ3n) is 10.2. The van der Waals surface area contributed by atoms with Gasteiger partial charge in [0.05, 0.1) is 22.2 Å². The van der Waals surface area contributed by atoms with E-state index in [1.807, 2.05) is 0 Å². The second-order valence-electron chi connectivity index (χ2n) is 13.2. The lowest BCUT2D eigenvalue weighted by molar-refractivity contribution is 1.18. The molecule has 0 amide bonds. The molecule has 0 spiro atoms. The smallest absolute Gasteiger partial charge is 0.0788 e. The van der Waals surface area contributed by atoms with Crippen molar-refractivity contribution in [3.63, 3.8) is 0 Å². The SMILES string of the molecule is c1ccc(N(c2ccccc2)c2ccc(-c3ccc(-c4nc5ccccc5c5c4ccc4c5c5ccccc5n4-c4ccccc4)cc3)cc2)cc1. The van der Waals surface area contributed by atoms with Crippen LogP contribution < -0.4 is 4.90 Å². The maximum absolute atomic E-state index is 5.30. The fraction of sp³-hybridized carbons (Fsp3) is 0. The molecule has 0 saturated heterocycles. The van der Waals surface area contributed by atoms with Crippen LogP contribution >= 0.6 is 0 Å². The summed E-state index contributed by atoms with van der Waals surface area (Å²) < 4.78 is 2.39. The van der Waals surface area contributed by atoms with Gasteiger partial charge in [0, 0.05) is 55.2 Å². The topological polar surface area (TPSA) is 21.1 Å². The van der Waals surface area contributed by atoms with Crippen molar-refractivity contribution in [2.45, 2.75) is 0 Å². The Morgan fingerprint density at radius 3 is 1.54 bits per heavy atom. The Bertz CT molecular complexity index is 2820. The highest BCUT2D eigenvalue weighted by Crippen LogP contribution is 2.42. The van der Waals surface area contributed by atoms with E-state index in [-0.39, 0.29) is 0 Å². The molecule has 10 rings (SSSR count). The van der Waals surface area contributed by atoms with Gasteiger partial charge in [0.1, 0.15) is 0 Å². The van der Waals surface area contributed by atoms with Gasteiger partial charge in [0.15, 0.2) is 0 Å². The molecule has 10 aromatic rings. The number of hydrogen-bond donors (Lipinski definition) is 0. The van der Waals surface area contributed by atoms with Gasteiger partial charge in [0.25, 0.3) is 0 Å². The summed E-state index contributed by atoms with van der Waals surface area (Å²) in [7, 11) is 0. The highest BCUT2D eigenvalue weighted by atomic mass is 15.1. The van der Waals surface area contributed by atoms with Crippen molar-refractivity contribution in [2.75, 3.05) is 4.90 Å². The molecule has 3 heteroatoms. The largest absolute Gasteiger partial charge is 0.311 e. The summed E-state index contributed by atoms with van der Waals surface area (Å²) in [5, 5.41) is 6.06. The third-order valence-corrected chi connectivity index (χ3v) is 10.2. The molecule has 3 nitrogen and oxygen atoms in total. The first-order chi connectivity index (χ1) is 25.8. The summed E-state index contributed by atoms with van der Waals surface area (Å²) >= 11 is 0. The normalized spacial score (nSPS) is 11.5. The van der Waals surface area contributed by atoms with E-state index in [2.05, 4.69) is 210 Å². The van der Waals surface area contributed by atoms with E-state index in [1.54, 1.807) is 0 Å². The maximum atomic E-state index is 5.30. The zero-order valence-corrected chi connectivity index (χ0v) is 28.4. The molecule has 0 aliphatic rings. The summed E-state index contributed by atoms with van der Waals surface area (Å²) in [5.74, 6) is 0. The zero-order chi connectivity index (χ0) is 34.4. The average Bonchev–Trinajstić information content (AvgIpc) is 3.57. The zero-order valence-electron chi connectivity index (χ0n) is 28.4. The Morgan fingerprint density at radius 2 is 0.865 bits per heavy atom. The number of aromatic nitrogens is 2. The fourth-order valence-electron chi connectivity index (χ4n) is 7.80. The molecule has 0 bridgehead atoms. The quantitative estimate of drug-likeness (QED) is 0.165. The summed E-state index contributed by atoms with van der Waals surface area (Å²) in [5.41, 5.74) is 12.3. The first kappa shape index (κ1) is 29.9. The molecule has 2 heterocycles. The number of hydrogen-bond acceptors (Lipinski definition) is 2. The molecule has 52 heavy (non-hydrogen) atoms. The Balaban J connectivity index is 1.09. The predicted octanol–water partition coefficient (Wildman–Crippen LogP) is 13.3. The lowest BCUT2D eigenvalue weighted by Gasteiger charge is -2.25. The summed E-state index contributed by atoms with van der Waals surface area (Å²) in [6.45, 7) is 0. The van der Waals surface area contributed by atoms with Crippen molar-refractivity contribution in [3.8, 4) is 28.1 Å².